The SMILES string of the molecule is CC(C)(C)C(=O)N1CCc2ccccc2C1.FC(F)(F)c1ccccc1. The first-order valence-corrected chi connectivity index (χ1v) is 8.57. The minimum absolute atomic E-state index is 0.252. The van der Waals surface area contributed by atoms with Gasteiger partial charge < -0.3 is 4.90 Å². The summed E-state index contributed by atoms with van der Waals surface area (Å²) in [4.78, 5) is 14.1. The molecule has 0 atom stereocenters. The Hall–Kier alpha value is -2.30. The summed E-state index contributed by atoms with van der Waals surface area (Å²) in [6, 6.07) is 14.8. The van der Waals surface area contributed by atoms with Crippen molar-refractivity contribution < 1.29 is 18.0 Å². The Balaban J connectivity index is 0.000000209. The van der Waals surface area contributed by atoms with Gasteiger partial charge >= 0.3 is 6.18 Å². The molecule has 1 aliphatic rings. The molecule has 0 bridgehead atoms. The van der Waals surface area contributed by atoms with E-state index in [2.05, 4.69) is 18.2 Å². The van der Waals surface area contributed by atoms with E-state index in [1.807, 2.05) is 31.7 Å². The lowest BCUT2D eigenvalue weighted by molar-refractivity contribution is -0.140. The second-order valence-corrected chi connectivity index (χ2v) is 7.36. The van der Waals surface area contributed by atoms with Crippen molar-refractivity contribution in [2.45, 2.75) is 39.9 Å². The Kier molecular flexibility index (Phi) is 6.11. The number of amides is 1. The van der Waals surface area contributed by atoms with Gasteiger partial charge in [-0.1, -0.05) is 75.4 Å². The number of hydrogen-bond donors (Lipinski definition) is 0. The number of nitrogens with zero attached hydrogens (tertiary/aromatic N) is 1. The molecule has 2 nitrogen and oxygen atoms in total. The Morgan fingerprint density at radius 2 is 1.42 bits per heavy atom. The minimum atomic E-state index is -4.21. The van der Waals surface area contributed by atoms with Crippen LogP contribution in [0.15, 0.2) is 54.6 Å². The molecule has 1 amide bonds. The van der Waals surface area contributed by atoms with Crippen molar-refractivity contribution in [3.05, 3.63) is 71.3 Å². The number of alkyl halides is 3. The average Bonchev–Trinajstić information content (AvgIpc) is 2.60. The van der Waals surface area contributed by atoms with Gasteiger partial charge in [-0.25, -0.2) is 0 Å². The maximum atomic E-state index is 12.2. The molecule has 3 rings (SSSR count). The normalized spacial score (nSPS) is 14.2. The van der Waals surface area contributed by atoms with Crippen molar-refractivity contribution >= 4 is 5.91 Å². The highest BCUT2D eigenvalue weighted by atomic mass is 19.4. The molecule has 0 saturated heterocycles. The topological polar surface area (TPSA) is 20.3 Å². The zero-order valence-electron chi connectivity index (χ0n) is 15.3. The molecule has 0 radical (unpaired) electrons. The van der Waals surface area contributed by atoms with Gasteiger partial charge in [-0.3, -0.25) is 4.79 Å². The van der Waals surface area contributed by atoms with Crippen molar-refractivity contribution in [3.8, 4) is 0 Å². The van der Waals surface area contributed by atoms with Gasteiger partial charge in [0.15, 0.2) is 0 Å². The van der Waals surface area contributed by atoms with E-state index < -0.39 is 11.7 Å². The largest absolute Gasteiger partial charge is 0.416 e. The standard InChI is InChI=1S/C14H19NO.C7H5F3/c1-14(2,3)13(16)15-9-8-11-6-4-5-7-12(11)10-15;8-7(9,10)6-4-2-1-3-5-6/h4-7H,8-10H2,1-3H3;1-5H. The third-order valence-corrected chi connectivity index (χ3v) is 4.16. The highest BCUT2D eigenvalue weighted by molar-refractivity contribution is 5.81. The lowest BCUT2D eigenvalue weighted by atomic mass is 9.92. The van der Waals surface area contributed by atoms with Crippen LogP contribution in [0.4, 0.5) is 13.2 Å². The summed E-state index contributed by atoms with van der Waals surface area (Å²) in [6.07, 6.45) is -3.22. The Labute approximate surface area is 152 Å². The van der Waals surface area contributed by atoms with Crippen LogP contribution in [-0.2, 0) is 23.9 Å². The van der Waals surface area contributed by atoms with Gasteiger partial charge in [-0.2, -0.15) is 13.2 Å². The molecule has 1 aliphatic heterocycles. The fourth-order valence-electron chi connectivity index (χ4n) is 2.77. The molecule has 0 aliphatic carbocycles. The van der Waals surface area contributed by atoms with Crippen molar-refractivity contribution in [1.29, 1.82) is 0 Å². The van der Waals surface area contributed by atoms with E-state index in [9.17, 15) is 18.0 Å². The zero-order valence-corrected chi connectivity index (χ0v) is 15.3. The highest BCUT2D eigenvalue weighted by Gasteiger charge is 2.30. The van der Waals surface area contributed by atoms with Crippen molar-refractivity contribution in [3.63, 3.8) is 0 Å². The predicted octanol–water partition coefficient (Wildman–Crippen LogP) is 5.32. The van der Waals surface area contributed by atoms with Crippen molar-refractivity contribution in [1.82, 2.24) is 4.90 Å². The Morgan fingerprint density at radius 1 is 0.885 bits per heavy atom. The summed E-state index contributed by atoms with van der Waals surface area (Å²) in [7, 11) is 0. The quantitative estimate of drug-likeness (QED) is 0.620. The van der Waals surface area contributed by atoms with Gasteiger partial charge in [0, 0.05) is 18.5 Å². The van der Waals surface area contributed by atoms with Crippen LogP contribution in [0.25, 0.3) is 0 Å². The van der Waals surface area contributed by atoms with Crippen LogP contribution < -0.4 is 0 Å². The van der Waals surface area contributed by atoms with Crippen LogP contribution in [0.2, 0.25) is 0 Å². The molecule has 0 fully saturated rings. The molecule has 2 aromatic carbocycles. The first-order chi connectivity index (χ1) is 12.1. The summed E-state index contributed by atoms with van der Waals surface area (Å²) < 4.78 is 35.4. The lowest BCUT2D eigenvalue weighted by Crippen LogP contribution is -2.42. The number of hydrogen-bond acceptors (Lipinski definition) is 1. The lowest BCUT2D eigenvalue weighted by Gasteiger charge is -2.33. The summed E-state index contributed by atoms with van der Waals surface area (Å²) in [5.74, 6) is 0.252. The molecule has 5 heteroatoms. The van der Waals surface area contributed by atoms with Crippen LogP contribution in [0.5, 0.6) is 0 Å². The van der Waals surface area contributed by atoms with Gasteiger partial charge in [0.25, 0.3) is 0 Å². The van der Waals surface area contributed by atoms with E-state index in [0.717, 1.165) is 31.6 Å². The molecule has 0 aromatic heterocycles. The number of benzene rings is 2. The Morgan fingerprint density at radius 3 is 1.92 bits per heavy atom. The molecular formula is C21H24F3NO. The van der Waals surface area contributed by atoms with Crippen LogP contribution in [-0.4, -0.2) is 17.4 Å². The molecule has 0 saturated carbocycles. The molecular weight excluding hydrogens is 339 g/mol. The molecule has 1 heterocycles. The van der Waals surface area contributed by atoms with Crippen LogP contribution >= 0.6 is 0 Å². The van der Waals surface area contributed by atoms with Crippen LogP contribution in [0.1, 0.15) is 37.5 Å². The van der Waals surface area contributed by atoms with Gasteiger partial charge in [0.1, 0.15) is 0 Å². The monoisotopic (exact) mass is 363 g/mol. The van der Waals surface area contributed by atoms with Crippen molar-refractivity contribution in [2.75, 3.05) is 6.54 Å². The van der Waals surface area contributed by atoms with E-state index in [0.29, 0.717) is 0 Å². The Bertz CT molecular complexity index is 733. The third kappa shape index (κ3) is 5.35. The fourth-order valence-corrected chi connectivity index (χ4v) is 2.77. The molecule has 0 spiro atoms. The van der Waals surface area contributed by atoms with Crippen molar-refractivity contribution in [2.24, 2.45) is 5.41 Å². The molecule has 26 heavy (non-hydrogen) atoms. The number of halogens is 3. The van der Waals surface area contributed by atoms with Crippen LogP contribution in [0.3, 0.4) is 0 Å². The smallest absolute Gasteiger partial charge is 0.338 e. The van der Waals surface area contributed by atoms with Gasteiger partial charge in [-0.05, 0) is 17.5 Å². The molecule has 2 aromatic rings. The second kappa shape index (κ2) is 7.94. The maximum absolute atomic E-state index is 12.2. The van der Waals surface area contributed by atoms with Gasteiger partial charge in [-0.15, -0.1) is 0 Å². The van der Waals surface area contributed by atoms with Crippen LogP contribution in [0, 0.1) is 5.41 Å². The fraction of sp³-hybridized carbons (Fsp3) is 0.381. The number of carbonyl (C=O) groups excluding carboxylic acids is 1. The first-order valence-electron chi connectivity index (χ1n) is 8.57. The van der Waals surface area contributed by atoms with Gasteiger partial charge in [0.2, 0.25) is 5.91 Å². The average molecular weight is 363 g/mol. The molecule has 0 N–H and O–H groups in total. The van der Waals surface area contributed by atoms with Gasteiger partial charge in [0.05, 0.1) is 5.56 Å². The summed E-state index contributed by atoms with van der Waals surface area (Å²) in [5.41, 5.74) is 1.81. The highest BCUT2D eigenvalue weighted by Crippen LogP contribution is 2.28. The number of rotatable bonds is 0. The molecule has 0 unspecified atom stereocenters. The van der Waals surface area contributed by atoms with E-state index in [1.165, 1.54) is 23.3 Å². The predicted molar refractivity (Wildman–Crippen MR) is 96.5 cm³/mol. The summed E-state index contributed by atoms with van der Waals surface area (Å²) >= 11 is 0. The second-order valence-electron chi connectivity index (χ2n) is 7.36. The van der Waals surface area contributed by atoms with E-state index >= 15 is 0 Å². The minimum Gasteiger partial charge on any atom is -0.338 e. The summed E-state index contributed by atoms with van der Waals surface area (Å²) in [6.45, 7) is 7.57. The third-order valence-electron chi connectivity index (χ3n) is 4.16. The summed E-state index contributed by atoms with van der Waals surface area (Å²) in [5, 5.41) is 0. The molecule has 140 valence electrons. The zero-order chi connectivity index (χ0) is 19.4. The maximum Gasteiger partial charge on any atom is 0.416 e. The first kappa shape index (κ1) is 20.0. The number of fused-ring (bicyclic) bond motifs is 1. The van der Waals surface area contributed by atoms with E-state index in [4.69, 9.17) is 0 Å². The van der Waals surface area contributed by atoms with E-state index in [1.54, 1.807) is 6.07 Å². The number of carbonyl (C=O) groups is 1. The van der Waals surface area contributed by atoms with E-state index in [-0.39, 0.29) is 11.3 Å².